The van der Waals surface area contributed by atoms with Crippen molar-refractivity contribution < 1.29 is 9.59 Å². The van der Waals surface area contributed by atoms with E-state index in [1.54, 1.807) is 0 Å². The van der Waals surface area contributed by atoms with Crippen molar-refractivity contribution in [2.75, 3.05) is 19.6 Å². The van der Waals surface area contributed by atoms with Crippen molar-refractivity contribution in [3.05, 3.63) is 0 Å². The van der Waals surface area contributed by atoms with Crippen LogP contribution in [0.3, 0.4) is 0 Å². The van der Waals surface area contributed by atoms with Crippen LogP contribution in [0.2, 0.25) is 0 Å². The molecule has 0 saturated heterocycles. The molecule has 0 aromatic heterocycles. The third kappa shape index (κ3) is 2.95. The number of primary amides is 1. The fourth-order valence-corrected chi connectivity index (χ4v) is 2.13. The number of amides is 2. The highest BCUT2D eigenvalue weighted by atomic mass is 16.2. The molecule has 0 bridgehead atoms. The van der Waals surface area contributed by atoms with E-state index in [1.165, 1.54) is 4.90 Å². The van der Waals surface area contributed by atoms with Gasteiger partial charge in [0, 0.05) is 13.0 Å². The van der Waals surface area contributed by atoms with Gasteiger partial charge in [-0.05, 0) is 31.7 Å². The van der Waals surface area contributed by atoms with Gasteiger partial charge in [0.25, 0.3) is 0 Å². The number of nitrogens with two attached hydrogens (primary N) is 2. The highest BCUT2D eigenvalue weighted by Crippen LogP contribution is 2.43. The molecule has 0 heterocycles. The SMILES string of the molecule is CCN(CC(N)=O)C(=O)CC1(CN)CCC1. The Morgan fingerprint density at radius 1 is 1.38 bits per heavy atom. The fourth-order valence-electron chi connectivity index (χ4n) is 2.13. The molecule has 1 aliphatic carbocycles. The van der Waals surface area contributed by atoms with Crippen LogP contribution in [0.15, 0.2) is 0 Å². The molecule has 5 heteroatoms. The predicted molar refractivity (Wildman–Crippen MR) is 61.4 cm³/mol. The first kappa shape index (κ1) is 13.0. The van der Waals surface area contributed by atoms with Crippen LogP contribution < -0.4 is 11.5 Å². The van der Waals surface area contributed by atoms with Crippen LogP contribution in [-0.2, 0) is 9.59 Å². The summed E-state index contributed by atoms with van der Waals surface area (Å²) in [5.41, 5.74) is 10.8. The second-order valence-corrected chi connectivity index (χ2v) is 4.61. The van der Waals surface area contributed by atoms with Crippen LogP contribution >= 0.6 is 0 Å². The summed E-state index contributed by atoms with van der Waals surface area (Å²) in [6, 6.07) is 0. The quantitative estimate of drug-likeness (QED) is 0.660. The molecule has 1 saturated carbocycles. The van der Waals surface area contributed by atoms with Gasteiger partial charge < -0.3 is 16.4 Å². The molecule has 5 nitrogen and oxygen atoms in total. The van der Waals surface area contributed by atoms with Crippen molar-refractivity contribution in [3.8, 4) is 0 Å². The van der Waals surface area contributed by atoms with Gasteiger partial charge >= 0.3 is 0 Å². The van der Waals surface area contributed by atoms with E-state index in [4.69, 9.17) is 11.5 Å². The summed E-state index contributed by atoms with van der Waals surface area (Å²) >= 11 is 0. The Balaban J connectivity index is 2.51. The zero-order valence-electron chi connectivity index (χ0n) is 9.87. The number of likely N-dealkylation sites (N-methyl/N-ethyl adjacent to an activating group) is 1. The van der Waals surface area contributed by atoms with E-state index in [0.29, 0.717) is 19.5 Å². The van der Waals surface area contributed by atoms with E-state index >= 15 is 0 Å². The van der Waals surface area contributed by atoms with E-state index in [1.807, 2.05) is 6.92 Å². The summed E-state index contributed by atoms with van der Waals surface area (Å²) in [7, 11) is 0. The predicted octanol–water partition coefficient (Wildman–Crippen LogP) is -0.161. The van der Waals surface area contributed by atoms with E-state index in [9.17, 15) is 9.59 Å². The lowest BCUT2D eigenvalue weighted by molar-refractivity contribution is -0.138. The molecule has 1 aliphatic rings. The molecule has 2 amide bonds. The van der Waals surface area contributed by atoms with E-state index < -0.39 is 5.91 Å². The zero-order chi connectivity index (χ0) is 12.2. The number of rotatable bonds is 6. The maximum atomic E-state index is 11.9. The topological polar surface area (TPSA) is 89.4 Å². The first-order valence-corrected chi connectivity index (χ1v) is 5.79. The second-order valence-electron chi connectivity index (χ2n) is 4.61. The second kappa shape index (κ2) is 5.30. The number of hydrogen-bond acceptors (Lipinski definition) is 3. The number of nitrogens with zero attached hydrogens (tertiary/aromatic N) is 1. The lowest BCUT2D eigenvalue weighted by Gasteiger charge is -2.41. The van der Waals surface area contributed by atoms with Gasteiger partial charge in [0.05, 0.1) is 6.54 Å². The van der Waals surface area contributed by atoms with Crippen molar-refractivity contribution in [2.24, 2.45) is 16.9 Å². The Hall–Kier alpha value is -1.10. The maximum Gasteiger partial charge on any atom is 0.237 e. The summed E-state index contributed by atoms with van der Waals surface area (Å²) in [6.07, 6.45) is 3.63. The fraction of sp³-hybridized carbons (Fsp3) is 0.818. The van der Waals surface area contributed by atoms with Crippen LogP contribution in [-0.4, -0.2) is 36.3 Å². The summed E-state index contributed by atoms with van der Waals surface area (Å²) < 4.78 is 0. The first-order valence-electron chi connectivity index (χ1n) is 5.79. The van der Waals surface area contributed by atoms with Gasteiger partial charge in [0.1, 0.15) is 0 Å². The zero-order valence-corrected chi connectivity index (χ0v) is 9.87. The Morgan fingerprint density at radius 2 is 2.00 bits per heavy atom. The standard InChI is InChI=1S/C11H21N3O2/c1-2-14(7-9(13)15)10(16)6-11(8-12)4-3-5-11/h2-8,12H2,1H3,(H2,13,15). The largest absolute Gasteiger partial charge is 0.368 e. The summed E-state index contributed by atoms with van der Waals surface area (Å²) in [6.45, 7) is 2.92. The van der Waals surface area contributed by atoms with Gasteiger partial charge in [0.2, 0.25) is 11.8 Å². The minimum atomic E-state index is -0.467. The van der Waals surface area contributed by atoms with Crippen molar-refractivity contribution in [3.63, 3.8) is 0 Å². The minimum Gasteiger partial charge on any atom is -0.368 e. The number of carbonyl (C=O) groups excluding carboxylic acids is 2. The molecular formula is C11H21N3O2. The molecule has 0 atom stereocenters. The Bertz CT molecular complexity index is 269. The number of hydrogen-bond donors (Lipinski definition) is 2. The first-order chi connectivity index (χ1) is 7.53. The van der Waals surface area contributed by atoms with Gasteiger partial charge in [-0.3, -0.25) is 9.59 Å². The van der Waals surface area contributed by atoms with Crippen LogP contribution in [0.25, 0.3) is 0 Å². The highest BCUT2D eigenvalue weighted by Gasteiger charge is 2.38. The van der Waals surface area contributed by atoms with E-state index in [2.05, 4.69) is 0 Å². The normalized spacial score (nSPS) is 17.6. The third-order valence-electron chi connectivity index (χ3n) is 3.45. The smallest absolute Gasteiger partial charge is 0.237 e. The Morgan fingerprint density at radius 3 is 2.31 bits per heavy atom. The summed E-state index contributed by atoms with van der Waals surface area (Å²) in [5.74, 6) is -0.475. The van der Waals surface area contributed by atoms with Gasteiger partial charge in [-0.1, -0.05) is 6.42 Å². The Labute approximate surface area is 96.1 Å². The molecule has 16 heavy (non-hydrogen) atoms. The average Bonchev–Trinajstić information content (AvgIpc) is 2.19. The van der Waals surface area contributed by atoms with Gasteiger partial charge in [-0.25, -0.2) is 0 Å². The van der Waals surface area contributed by atoms with Gasteiger partial charge in [-0.2, -0.15) is 0 Å². The van der Waals surface area contributed by atoms with Crippen molar-refractivity contribution in [2.45, 2.75) is 32.6 Å². The molecule has 4 N–H and O–H groups in total. The molecule has 0 aliphatic heterocycles. The van der Waals surface area contributed by atoms with Crippen LogP contribution in [0.1, 0.15) is 32.6 Å². The van der Waals surface area contributed by atoms with Crippen LogP contribution in [0, 0.1) is 5.41 Å². The van der Waals surface area contributed by atoms with E-state index in [0.717, 1.165) is 19.3 Å². The molecular weight excluding hydrogens is 206 g/mol. The van der Waals surface area contributed by atoms with E-state index in [-0.39, 0.29) is 17.9 Å². The molecule has 92 valence electrons. The molecule has 0 aromatic rings. The monoisotopic (exact) mass is 227 g/mol. The molecule has 0 radical (unpaired) electrons. The van der Waals surface area contributed by atoms with Crippen molar-refractivity contribution >= 4 is 11.8 Å². The molecule has 0 spiro atoms. The lowest BCUT2D eigenvalue weighted by Crippen LogP contribution is -2.45. The van der Waals surface area contributed by atoms with Gasteiger partial charge in [-0.15, -0.1) is 0 Å². The molecule has 0 aromatic carbocycles. The lowest BCUT2D eigenvalue weighted by atomic mass is 9.66. The summed E-state index contributed by atoms with van der Waals surface area (Å²) in [5, 5.41) is 0. The van der Waals surface area contributed by atoms with Crippen LogP contribution in [0.4, 0.5) is 0 Å². The van der Waals surface area contributed by atoms with Crippen LogP contribution in [0.5, 0.6) is 0 Å². The molecule has 1 fully saturated rings. The van der Waals surface area contributed by atoms with Gasteiger partial charge in [0.15, 0.2) is 0 Å². The highest BCUT2D eigenvalue weighted by molar-refractivity contribution is 5.84. The van der Waals surface area contributed by atoms with Crippen molar-refractivity contribution in [1.29, 1.82) is 0 Å². The Kier molecular flexibility index (Phi) is 4.29. The molecule has 0 unspecified atom stereocenters. The maximum absolute atomic E-state index is 11.9. The average molecular weight is 227 g/mol. The third-order valence-corrected chi connectivity index (χ3v) is 3.45. The van der Waals surface area contributed by atoms with Crippen molar-refractivity contribution in [1.82, 2.24) is 4.90 Å². The summed E-state index contributed by atoms with van der Waals surface area (Å²) in [4.78, 5) is 24.2. The minimum absolute atomic E-state index is 0.00792. The number of carbonyl (C=O) groups is 2. The molecule has 1 rings (SSSR count).